The largest absolute Gasteiger partial charge is 0.479 e. The van der Waals surface area contributed by atoms with E-state index in [0.717, 1.165) is 16.2 Å². The molecule has 1 saturated heterocycles. The first-order valence-corrected chi connectivity index (χ1v) is 13.6. The molecule has 2 aromatic heterocycles. The number of rotatable bonds is 10. The van der Waals surface area contributed by atoms with Crippen LogP contribution in [0.3, 0.4) is 0 Å². The molecule has 0 aliphatic carbocycles. The average molecular weight is 572 g/mol. The molecule has 190 valence electrons. The zero-order valence-corrected chi connectivity index (χ0v) is 21.2. The van der Waals surface area contributed by atoms with Gasteiger partial charge in [0.1, 0.15) is 22.8 Å². The molecule has 2 amide bonds. The molecule has 0 saturated carbocycles. The Labute approximate surface area is 218 Å². The Balaban J connectivity index is 1.49. The van der Waals surface area contributed by atoms with Gasteiger partial charge in [-0.2, -0.15) is 0 Å². The number of carbonyl (C=O) groups is 4. The number of carbonyl (C=O) groups excluding carboxylic acids is 2. The number of aromatic nitrogens is 2. The van der Waals surface area contributed by atoms with Gasteiger partial charge in [-0.1, -0.05) is 5.16 Å². The Hall–Kier alpha value is -3.35. The van der Waals surface area contributed by atoms with Crippen molar-refractivity contribution in [3.8, 4) is 0 Å². The molecule has 14 nitrogen and oxygen atoms in total. The molecule has 4 rings (SSSR count). The fraction of sp³-hybridized carbons (Fsp3) is 0.278. The van der Waals surface area contributed by atoms with Gasteiger partial charge in [0.05, 0.1) is 5.69 Å². The van der Waals surface area contributed by atoms with Crippen molar-refractivity contribution in [3.63, 3.8) is 0 Å². The number of nitrogens with zero attached hydrogens (tertiary/aromatic N) is 4. The number of thioether (sulfide) groups is 2. The van der Waals surface area contributed by atoms with E-state index in [0.29, 0.717) is 27.2 Å². The second-order valence-corrected chi connectivity index (χ2v) is 11.0. The van der Waals surface area contributed by atoms with Crippen LogP contribution in [0, 0.1) is 0 Å². The number of aliphatic carboxylic acids is 2. The molecule has 0 aromatic carbocycles. The van der Waals surface area contributed by atoms with Crippen LogP contribution >= 0.6 is 46.2 Å². The summed E-state index contributed by atoms with van der Waals surface area (Å²) < 4.78 is 0. The van der Waals surface area contributed by atoms with E-state index in [1.54, 1.807) is 5.38 Å². The molecular formula is C18H17N7O7S4. The summed E-state index contributed by atoms with van der Waals surface area (Å²) in [6.45, 7) is -0.800. The fourth-order valence-electron chi connectivity index (χ4n) is 3.21. The van der Waals surface area contributed by atoms with Crippen molar-refractivity contribution < 1.29 is 34.2 Å². The molecule has 36 heavy (non-hydrogen) atoms. The summed E-state index contributed by atoms with van der Waals surface area (Å²) in [6.07, 6.45) is 0. The third-order valence-electron chi connectivity index (χ3n) is 4.71. The average Bonchev–Trinajstić information content (AvgIpc) is 3.45. The van der Waals surface area contributed by atoms with Gasteiger partial charge in [-0.3, -0.25) is 14.5 Å². The lowest BCUT2D eigenvalue weighted by Crippen LogP contribution is -2.71. The lowest BCUT2D eigenvalue weighted by molar-refractivity contribution is -0.150. The van der Waals surface area contributed by atoms with Crippen LogP contribution < -0.4 is 16.8 Å². The first kappa shape index (κ1) is 25.7. The number of nitrogen functional groups attached to an aromatic ring is 2. The summed E-state index contributed by atoms with van der Waals surface area (Å²) in [7, 11) is 0. The predicted molar refractivity (Wildman–Crippen MR) is 134 cm³/mol. The lowest BCUT2D eigenvalue weighted by Gasteiger charge is -2.49. The molecule has 2 aliphatic rings. The smallest absolute Gasteiger partial charge is 0.353 e. The van der Waals surface area contributed by atoms with Crippen LogP contribution in [-0.4, -0.2) is 78.3 Å². The first-order valence-electron chi connectivity index (χ1n) is 9.83. The molecule has 0 radical (unpaired) electrons. The normalized spacial score (nSPS) is 19.5. The van der Waals surface area contributed by atoms with E-state index in [2.05, 4.69) is 25.3 Å². The topological polar surface area (TPSA) is 223 Å². The van der Waals surface area contributed by atoms with E-state index in [1.807, 2.05) is 0 Å². The maximum absolute atomic E-state index is 12.9. The van der Waals surface area contributed by atoms with Crippen molar-refractivity contribution in [2.75, 3.05) is 23.8 Å². The van der Waals surface area contributed by atoms with E-state index in [9.17, 15) is 24.3 Å². The highest BCUT2D eigenvalue weighted by atomic mass is 32.2. The van der Waals surface area contributed by atoms with Crippen molar-refractivity contribution in [1.82, 2.24) is 20.2 Å². The summed E-state index contributed by atoms with van der Waals surface area (Å²) in [5.74, 6) is -3.34. The molecule has 0 unspecified atom stereocenters. The van der Waals surface area contributed by atoms with Gasteiger partial charge in [-0.05, 0) is 0 Å². The Bertz CT molecular complexity index is 1290. The second kappa shape index (κ2) is 10.7. The summed E-state index contributed by atoms with van der Waals surface area (Å²) in [6, 6.07) is -1.04. The van der Waals surface area contributed by atoms with Gasteiger partial charge in [-0.25, -0.2) is 19.6 Å². The zero-order valence-electron chi connectivity index (χ0n) is 17.9. The standard InChI is InChI=1S/C18H17N7O7S4/c19-17-21-6(3-35-17)2-33-8-5-34-15-11(14(29)25(15)12(8)16(30)31)23-13(28)10(24-32-1-9(26)27)7-4-36-18(20)22-7/h3-4,11,15H,1-2,5H2,(H2,19,21)(H2,20,22)(H,23,28)(H,26,27)(H,30,31)/b24-10+/t11-,15-/m1/s1. The molecule has 7 N–H and O–H groups in total. The van der Waals surface area contributed by atoms with Crippen LogP contribution in [0.2, 0.25) is 0 Å². The third kappa shape index (κ3) is 5.40. The van der Waals surface area contributed by atoms with Crippen LogP contribution in [0.5, 0.6) is 0 Å². The number of nitrogens with one attached hydrogen (secondary N) is 1. The minimum atomic E-state index is -1.31. The maximum atomic E-state index is 12.9. The van der Waals surface area contributed by atoms with E-state index in [4.69, 9.17) is 16.6 Å². The highest BCUT2D eigenvalue weighted by Gasteiger charge is 2.54. The minimum absolute atomic E-state index is 0.0350. The number of carboxylic acids is 2. The molecule has 2 aromatic rings. The number of oxime groups is 1. The molecule has 0 bridgehead atoms. The van der Waals surface area contributed by atoms with Crippen molar-refractivity contribution in [1.29, 1.82) is 0 Å². The highest BCUT2D eigenvalue weighted by molar-refractivity contribution is 8.05. The molecule has 1 fully saturated rings. The van der Waals surface area contributed by atoms with Crippen LogP contribution in [-0.2, 0) is 29.8 Å². The van der Waals surface area contributed by atoms with E-state index in [-0.39, 0.29) is 22.2 Å². The Morgan fingerprint density at radius 1 is 1.22 bits per heavy atom. The van der Waals surface area contributed by atoms with Gasteiger partial charge < -0.3 is 31.8 Å². The number of hydrogen-bond donors (Lipinski definition) is 5. The SMILES string of the molecule is Nc1nc(CSC2=C(C(=O)O)N3C(=O)[C@@H](NC(=O)/C(=N/OCC(=O)O)c4csc(N)n4)[C@H]3SC2)cs1. The molecule has 4 heterocycles. The second-order valence-electron chi connectivity index (χ2n) is 7.08. The number of hydrogen-bond acceptors (Lipinski definition) is 14. The third-order valence-corrected chi connectivity index (χ3v) is 8.70. The van der Waals surface area contributed by atoms with Crippen molar-refractivity contribution >= 4 is 85.9 Å². The Morgan fingerprint density at radius 3 is 2.56 bits per heavy atom. The van der Waals surface area contributed by atoms with Gasteiger partial charge in [0.2, 0.25) is 6.61 Å². The summed E-state index contributed by atoms with van der Waals surface area (Å²) in [5.41, 5.74) is 11.5. The summed E-state index contributed by atoms with van der Waals surface area (Å²) in [4.78, 5) is 63.0. The molecule has 0 spiro atoms. The van der Waals surface area contributed by atoms with Crippen molar-refractivity contribution in [2.24, 2.45) is 5.16 Å². The maximum Gasteiger partial charge on any atom is 0.353 e. The Morgan fingerprint density at radius 2 is 1.94 bits per heavy atom. The van der Waals surface area contributed by atoms with Crippen LogP contribution in [0.25, 0.3) is 0 Å². The van der Waals surface area contributed by atoms with Gasteiger partial charge in [0.25, 0.3) is 11.8 Å². The van der Waals surface area contributed by atoms with Crippen molar-refractivity contribution in [2.45, 2.75) is 17.2 Å². The van der Waals surface area contributed by atoms with E-state index < -0.39 is 41.8 Å². The number of amides is 2. The first-order chi connectivity index (χ1) is 17.2. The molecular weight excluding hydrogens is 555 g/mol. The van der Waals surface area contributed by atoms with Gasteiger partial charge >= 0.3 is 11.9 Å². The minimum Gasteiger partial charge on any atom is -0.479 e. The van der Waals surface area contributed by atoms with Crippen LogP contribution in [0.15, 0.2) is 26.5 Å². The molecule has 2 aliphatic heterocycles. The van der Waals surface area contributed by atoms with Crippen LogP contribution in [0.1, 0.15) is 11.4 Å². The lowest BCUT2D eigenvalue weighted by atomic mass is 10.0. The zero-order chi connectivity index (χ0) is 26.0. The number of carboxylic acid groups (broad SMARTS) is 2. The number of β-lactam (4-membered cyclic amide) rings is 1. The summed E-state index contributed by atoms with van der Waals surface area (Å²) >= 11 is 4.85. The number of thiazole rings is 2. The molecule has 2 atom stereocenters. The number of anilines is 2. The van der Waals surface area contributed by atoms with Crippen LogP contribution in [0.4, 0.5) is 10.3 Å². The van der Waals surface area contributed by atoms with E-state index >= 15 is 0 Å². The fourth-order valence-corrected chi connectivity index (χ4v) is 6.95. The van der Waals surface area contributed by atoms with Gasteiger partial charge in [0, 0.05) is 27.2 Å². The van der Waals surface area contributed by atoms with Gasteiger partial charge in [0.15, 0.2) is 16.0 Å². The van der Waals surface area contributed by atoms with Gasteiger partial charge in [-0.15, -0.1) is 46.2 Å². The quantitative estimate of drug-likeness (QED) is 0.146. The monoisotopic (exact) mass is 571 g/mol. The highest BCUT2D eigenvalue weighted by Crippen LogP contribution is 2.44. The summed E-state index contributed by atoms with van der Waals surface area (Å²) in [5, 5.41) is 27.7. The number of fused-ring (bicyclic) bond motifs is 1. The Kier molecular flexibility index (Phi) is 7.67. The van der Waals surface area contributed by atoms with Crippen molar-refractivity contribution in [3.05, 3.63) is 32.8 Å². The van der Waals surface area contributed by atoms with E-state index in [1.165, 1.54) is 40.2 Å². The number of nitrogens with two attached hydrogens (primary N) is 2. The molecule has 18 heteroatoms. The predicted octanol–water partition coefficient (Wildman–Crippen LogP) is 0.199.